The maximum absolute atomic E-state index is 14.3. The number of nitrogens with one attached hydrogen (secondary N) is 4. The van der Waals surface area contributed by atoms with Crippen LogP contribution in [-0.2, 0) is 25.5 Å². The third kappa shape index (κ3) is 11.8. The highest BCUT2D eigenvalue weighted by Crippen LogP contribution is 2.46. The Morgan fingerprint density at radius 3 is 2.31 bits per heavy atom. The predicted molar refractivity (Wildman–Crippen MR) is 292 cm³/mol. The number of phenolic OH excluding ortho intramolecular Hbond substituents is 1. The van der Waals surface area contributed by atoms with Gasteiger partial charge in [-0.05, 0) is 140 Å². The number of benzene rings is 6. The molecule has 1 aliphatic heterocycles. The number of aromatic nitrogens is 1. The molecule has 7 N–H and O–H groups in total. The molecule has 1 atom stereocenters. The molecule has 0 saturated carbocycles. The van der Waals surface area contributed by atoms with Crippen LogP contribution in [0.2, 0.25) is 18.1 Å². The van der Waals surface area contributed by atoms with Crippen molar-refractivity contribution in [3.63, 3.8) is 0 Å². The molecule has 7 aromatic rings. The number of ether oxygens (including phenoxy) is 2. The van der Waals surface area contributed by atoms with Gasteiger partial charge in [0.15, 0.2) is 20.7 Å². The maximum Gasteiger partial charge on any atom is 0.262 e. The van der Waals surface area contributed by atoms with E-state index in [0.717, 1.165) is 42.5 Å². The van der Waals surface area contributed by atoms with Crippen molar-refractivity contribution in [2.24, 2.45) is 5.73 Å². The standard InChI is InChI=1S/C57H62N6O9SSi/c1-35-28-44(31-46-51(35)60-32-47(55(58)66)52(46)61-41-14-11-15-42(30-41)70-5)73(68,69)43-16-10-13-39(29-43)56(67)62-40-23-21-38(22-24-40)37-19-17-36(18-20-37)12-8-9-27-59-33-49(72-74(6,7)57(2,3)4)45-25-26-48(64)53-54(45)71-34-50(65)63-53/h10-11,13-26,28-32,49,59,64H,8-9,12,27,33-34H2,1-7H3,(H2,58,66)(H,60,61)(H,62,67)(H,63,65). The Kier molecular flexibility index (Phi) is 15.6. The number of rotatable bonds is 19. The summed E-state index contributed by atoms with van der Waals surface area (Å²) in [6.07, 6.45) is 3.83. The van der Waals surface area contributed by atoms with Gasteiger partial charge in [-0.15, -0.1) is 0 Å². The summed E-state index contributed by atoms with van der Waals surface area (Å²) in [6.45, 7) is 13.9. The number of fused-ring (bicyclic) bond motifs is 2. The molecule has 0 aliphatic carbocycles. The minimum Gasteiger partial charge on any atom is -0.506 e. The number of carbonyl (C=O) groups excluding carboxylic acids is 3. The molecule has 74 heavy (non-hydrogen) atoms. The number of primary amides is 1. The fourth-order valence-corrected chi connectivity index (χ4v) is 11.2. The summed E-state index contributed by atoms with van der Waals surface area (Å²) >= 11 is 0. The highest BCUT2D eigenvalue weighted by atomic mass is 32.2. The van der Waals surface area contributed by atoms with Gasteiger partial charge in [-0.2, -0.15) is 0 Å². The molecule has 0 radical (unpaired) electrons. The summed E-state index contributed by atoms with van der Waals surface area (Å²) in [6, 6.07) is 35.2. The number of aromatic hydroxyl groups is 1. The van der Waals surface area contributed by atoms with Crippen molar-refractivity contribution in [2.45, 2.75) is 81.0 Å². The van der Waals surface area contributed by atoms with Gasteiger partial charge in [-0.1, -0.05) is 69.3 Å². The summed E-state index contributed by atoms with van der Waals surface area (Å²) in [5.74, 6) is -0.567. The van der Waals surface area contributed by atoms with Crippen LogP contribution in [0.4, 0.5) is 22.7 Å². The smallest absolute Gasteiger partial charge is 0.262 e. The molecule has 3 amide bonds. The molecule has 2 heterocycles. The number of hydrogen-bond donors (Lipinski definition) is 6. The Labute approximate surface area is 432 Å². The van der Waals surface area contributed by atoms with Gasteiger partial charge in [0.1, 0.15) is 17.2 Å². The Balaban J connectivity index is 0.873. The molecule has 0 bridgehead atoms. The van der Waals surface area contributed by atoms with E-state index in [0.29, 0.717) is 51.6 Å². The van der Waals surface area contributed by atoms with Crippen LogP contribution < -0.4 is 36.5 Å². The molecule has 1 aromatic heterocycles. The molecule has 0 spiro atoms. The minimum atomic E-state index is -4.19. The number of nitrogens with zero attached hydrogens (tertiary/aromatic N) is 1. The number of methoxy groups -OCH3 is 1. The summed E-state index contributed by atoms with van der Waals surface area (Å²) in [5, 5.41) is 23.3. The van der Waals surface area contributed by atoms with E-state index in [2.05, 4.69) is 84.4 Å². The number of aryl methyl sites for hydroxylation is 2. The van der Waals surface area contributed by atoms with Crippen molar-refractivity contribution >= 4 is 69.5 Å². The Morgan fingerprint density at radius 1 is 0.892 bits per heavy atom. The van der Waals surface area contributed by atoms with Gasteiger partial charge in [0.25, 0.3) is 17.7 Å². The van der Waals surface area contributed by atoms with E-state index >= 15 is 0 Å². The largest absolute Gasteiger partial charge is 0.506 e. The highest BCUT2D eigenvalue weighted by Gasteiger charge is 2.40. The molecule has 8 rings (SSSR count). The number of anilines is 4. The summed E-state index contributed by atoms with van der Waals surface area (Å²) < 4.78 is 46.7. The topological polar surface area (TPSA) is 220 Å². The van der Waals surface area contributed by atoms with E-state index < -0.39 is 30.0 Å². The molecule has 0 fully saturated rings. The highest BCUT2D eigenvalue weighted by molar-refractivity contribution is 7.91. The molecule has 17 heteroatoms. The maximum atomic E-state index is 14.3. The number of amides is 3. The second-order valence-electron chi connectivity index (χ2n) is 19.9. The number of phenols is 1. The van der Waals surface area contributed by atoms with Crippen LogP contribution in [0.1, 0.15) is 77.1 Å². The second kappa shape index (κ2) is 21.9. The molecular formula is C57H62N6O9SSi. The van der Waals surface area contributed by atoms with Crippen LogP contribution in [0.5, 0.6) is 17.2 Å². The van der Waals surface area contributed by atoms with E-state index in [1.807, 2.05) is 18.2 Å². The lowest BCUT2D eigenvalue weighted by Gasteiger charge is -2.40. The first kappa shape index (κ1) is 52.7. The summed E-state index contributed by atoms with van der Waals surface area (Å²) in [7, 11) is -4.87. The van der Waals surface area contributed by atoms with Gasteiger partial charge in [0.2, 0.25) is 9.84 Å². The van der Waals surface area contributed by atoms with Gasteiger partial charge in [0.05, 0.1) is 39.8 Å². The van der Waals surface area contributed by atoms with E-state index in [1.165, 1.54) is 49.2 Å². The van der Waals surface area contributed by atoms with Gasteiger partial charge in [-0.3, -0.25) is 19.4 Å². The number of hydrogen-bond acceptors (Lipinski definition) is 12. The number of unbranched alkanes of at least 4 members (excludes halogenated alkanes) is 1. The van der Waals surface area contributed by atoms with E-state index in [9.17, 15) is 27.9 Å². The first-order valence-corrected chi connectivity index (χ1v) is 28.8. The van der Waals surface area contributed by atoms with Crippen LogP contribution in [-0.4, -0.2) is 71.4 Å². The van der Waals surface area contributed by atoms with Gasteiger partial charge in [-0.25, -0.2) is 8.42 Å². The van der Waals surface area contributed by atoms with Gasteiger partial charge in [0, 0.05) is 46.7 Å². The molecular weight excluding hydrogens is 973 g/mol. The lowest BCUT2D eigenvalue weighted by molar-refractivity contribution is -0.118. The zero-order valence-electron chi connectivity index (χ0n) is 42.6. The average molecular weight is 1040 g/mol. The minimum absolute atomic E-state index is 0.0336. The zero-order valence-corrected chi connectivity index (χ0v) is 44.4. The fourth-order valence-electron chi connectivity index (χ4n) is 8.51. The Bertz CT molecular complexity index is 3360. The van der Waals surface area contributed by atoms with Crippen molar-refractivity contribution < 1.29 is 41.8 Å². The lowest BCUT2D eigenvalue weighted by Crippen LogP contribution is -2.43. The third-order valence-electron chi connectivity index (χ3n) is 13.7. The monoisotopic (exact) mass is 1030 g/mol. The average Bonchev–Trinajstić information content (AvgIpc) is 3.37. The normalized spacial score (nSPS) is 13.1. The van der Waals surface area contributed by atoms with Crippen LogP contribution >= 0.6 is 0 Å². The predicted octanol–water partition coefficient (Wildman–Crippen LogP) is 10.9. The molecule has 6 aromatic carbocycles. The number of pyridine rings is 1. The number of carbonyl (C=O) groups is 3. The van der Waals surface area contributed by atoms with Crippen LogP contribution in [0, 0.1) is 6.92 Å². The van der Waals surface area contributed by atoms with Crippen molar-refractivity contribution in [3.05, 3.63) is 155 Å². The van der Waals surface area contributed by atoms with Crippen LogP contribution in [0.25, 0.3) is 22.0 Å². The molecule has 384 valence electrons. The van der Waals surface area contributed by atoms with Crippen molar-refractivity contribution in [2.75, 3.05) is 42.8 Å². The second-order valence-corrected chi connectivity index (χ2v) is 26.6. The van der Waals surface area contributed by atoms with Crippen molar-refractivity contribution in [3.8, 4) is 28.4 Å². The first-order chi connectivity index (χ1) is 35.2. The third-order valence-corrected chi connectivity index (χ3v) is 19.9. The number of nitrogens with two attached hydrogens (primary N) is 1. The Hall–Kier alpha value is -7.57. The Morgan fingerprint density at radius 2 is 1.61 bits per heavy atom. The van der Waals surface area contributed by atoms with E-state index in [1.54, 1.807) is 55.5 Å². The molecule has 1 aliphatic rings. The summed E-state index contributed by atoms with van der Waals surface area (Å²) in [4.78, 5) is 42.6. The fraction of sp³-hybridized carbons (Fsp3) is 0.263. The first-order valence-electron chi connectivity index (χ1n) is 24.4. The zero-order chi connectivity index (χ0) is 53.0. The molecule has 0 saturated heterocycles. The van der Waals surface area contributed by atoms with Gasteiger partial charge < -0.3 is 46.0 Å². The lowest BCUT2D eigenvalue weighted by atomic mass is 10.0. The molecule has 1 unspecified atom stereocenters. The van der Waals surface area contributed by atoms with Crippen molar-refractivity contribution in [1.29, 1.82) is 0 Å². The molecule has 15 nitrogen and oxygen atoms in total. The van der Waals surface area contributed by atoms with E-state index in [4.69, 9.17) is 19.6 Å². The summed E-state index contributed by atoms with van der Waals surface area (Å²) in [5.41, 5.74) is 12.7. The van der Waals surface area contributed by atoms with Gasteiger partial charge >= 0.3 is 0 Å². The van der Waals surface area contributed by atoms with Crippen LogP contribution in [0.3, 0.4) is 0 Å². The van der Waals surface area contributed by atoms with Crippen LogP contribution in [0.15, 0.2) is 137 Å². The van der Waals surface area contributed by atoms with E-state index in [-0.39, 0.29) is 56.0 Å². The SMILES string of the molecule is COc1cccc(Nc2c(C(N)=O)cnc3c(C)cc(S(=O)(=O)c4cccc(C(=O)Nc5ccc(-c6ccc(CCCCNCC(O[Si](C)(C)C(C)(C)C)c7ccc(O)c8c7OCC(=O)N8)cc6)cc5)c4)cc23)c1. The van der Waals surface area contributed by atoms with Crippen molar-refractivity contribution in [1.82, 2.24) is 10.3 Å². The number of sulfone groups is 1. The quantitative estimate of drug-likeness (QED) is 0.0253.